The summed E-state index contributed by atoms with van der Waals surface area (Å²) in [4.78, 5) is 28.6. The van der Waals surface area contributed by atoms with Gasteiger partial charge in [-0.3, -0.25) is 4.79 Å². The first-order valence-electron chi connectivity index (χ1n) is 11.0. The normalized spacial score (nSPS) is 21.3. The maximum absolute atomic E-state index is 12.9. The minimum Gasteiger partial charge on any atom is -0.489 e. The summed E-state index contributed by atoms with van der Waals surface area (Å²) in [6, 6.07) is 18.3. The van der Waals surface area contributed by atoms with Crippen LogP contribution in [0.15, 0.2) is 66.9 Å². The Hall–Kier alpha value is -3.87. The van der Waals surface area contributed by atoms with Crippen LogP contribution in [0.4, 0.5) is 5.69 Å². The summed E-state index contributed by atoms with van der Waals surface area (Å²) in [5.74, 6) is 0.116. The molecular formula is C26H24N2O5. The summed E-state index contributed by atoms with van der Waals surface area (Å²) in [7, 11) is 0. The van der Waals surface area contributed by atoms with Crippen LogP contribution in [0.2, 0.25) is 0 Å². The average molecular weight is 444 g/mol. The van der Waals surface area contributed by atoms with Crippen LogP contribution in [0.1, 0.15) is 47.2 Å². The number of benzene rings is 2. The smallest absolute Gasteiger partial charge is 0.335 e. The number of hydrogen-bond donors (Lipinski definition) is 2. The second kappa shape index (κ2) is 8.58. The van der Waals surface area contributed by atoms with Gasteiger partial charge in [0.25, 0.3) is 0 Å². The van der Waals surface area contributed by atoms with Gasteiger partial charge in [-0.15, -0.1) is 0 Å². The zero-order chi connectivity index (χ0) is 22.8. The van der Waals surface area contributed by atoms with Crippen LogP contribution < -0.4 is 14.8 Å². The molecule has 1 aromatic heterocycles. The summed E-state index contributed by atoms with van der Waals surface area (Å²) in [5, 5.41) is 12.3. The zero-order valence-electron chi connectivity index (χ0n) is 18.0. The molecule has 2 aliphatic rings. The lowest BCUT2D eigenvalue weighted by Crippen LogP contribution is -2.41. The Labute approximate surface area is 191 Å². The van der Waals surface area contributed by atoms with Crippen molar-refractivity contribution in [3.05, 3.63) is 83.6 Å². The molecule has 1 spiro atoms. The summed E-state index contributed by atoms with van der Waals surface area (Å²) in [5.41, 5.74) is 2.05. The number of pyridine rings is 1. The number of nitrogens with zero attached hydrogens (tertiary/aromatic N) is 1. The van der Waals surface area contributed by atoms with Gasteiger partial charge in [0.2, 0.25) is 11.8 Å². The number of anilines is 1. The van der Waals surface area contributed by atoms with Gasteiger partial charge in [-0.1, -0.05) is 30.3 Å². The highest BCUT2D eigenvalue weighted by Gasteiger charge is 2.49. The Kier molecular flexibility index (Phi) is 5.46. The summed E-state index contributed by atoms with van der Waals surface area (Å²) in [6.07, 6.45) is 4.09. The highest BCUT2D eigenvalue weighted by atomic mass is 16.5. The number of carboxylic acid groups (broad SMARTS) is 1. The molecule has 0 radical (unpaired) electrons. The minimum absolute atomic E-state index is 0.0621. The van der Waals surface area contributed by atoms with Gasteiger partial charge in [0.15, 0.2) is 0 Å². The summed E-state index contributed by atoms with van der Waals surface area (Å²) < 4.78 is 12.0. The molecule has 1 aliphatic carbocycles. The van der Waals surface area contributed by atoms with Gasteiger partial charge in [0, 0.05) is 18.0 Å². The van der Waals surface area contributed by atoms with E-state index >= 15 is 0 Å². The molecule has 1 amide bonds. The Morgan fingerprint density at radius 2 is 1.88 bits per heavy atom. The van der Waals surface area contributed by atoms with E-state index in [1.54, 1.807) is 30.5 Å². The monoisotopic (exact) mass is 444 g/mol. The van der Waals surface area contributed by atoms with Crippen LogP contribution in [0.3, 0.4) is 0 Å². The van der Waals surface area contributed by atoms with Crippen LogP contribution in [-0.4, -0.2) is 28.1 Å². The maximum Gasteiger partial charge on any atom is 0.335 e. The molecule has 0 saturated heterocycles. The number of hydrogen-bond acceptors (Lipinski definition) is 5. The van der Waals surface area contributed by atoms with Crippen LogP contribution in [0.5, 0.6) is 11.6 Å². The number of carboxylic acids is 1. The van der Waals surface area contributed by atoms with Gasteiger partial charge in [-0.2, -0.15) is 0 Å². The van der Waals surface area contributed by atoms with Crippen molar-refractivity contribution in [2.45, 2.75) is 43.8 Å². The molecule has 3 aromatic rings. The zero-order valence-corrected chi connectivity index (χ0v) is 18.0. The van der Waals surface area contributed by atoms with Gasteiger partial charge in [-0.25, -0.2) is 9.78 Å². The lowest BCUT2D eigenvalue weighted by Gasteiger charge is -2.35. The molecule has 1 fully saturated rings. The van der Waals surface area contributed by atoms with Gasteiger partial charge >= 0.3 is 5.97 Å². The number of aromatic carboxylic acids is 1. The predicted molar refractivity (Wildman–Crippen MR) is 122 cm³/mol. The van der Waals surface area contributed by atoms with E-state index in [0.29, 0.717) is 49.6 Å². The molecule has 2 N–H and O–H groups in total. The van der Waals surface area contributed by atoms with Gasteiger partial charge < -0.3 is 19.9 Å². The van der Waals surface area contributed by atoms with E-state index in [9.17, 15) is 14.7 Å². The molecule has 0 unspecified atom stereocenters. The Balaban J connectivity index is 1.24. The van der Waals surface area contributed by atoms with Crippen molar-refractivity contribution in [2.24, 2.45) is 0 Å². The first kappa shape index (κ1) is 21.0. The summed E-state index contributed by atoms with van der Waals surface area (Å²) in [6.45, 7) is 0.461. The Morgan fingerprint density at radius 1 is 1.09 bits per heavy atom. The Bertz CT molecular complexity index is 1190. The number of rotatable bonds is 6. The second-order valence-corrected chi connectivity index (χ2v) is 8.52. The Morgan fingerprint density at radius 3 is 2.64 bits per heavy atom. The second-order valence-electron chi connectivity index (χ2n) is 8.52. The van der Waals surface area contributed by atoms with E-state index in [4.69, 9.17) is 9.47 Å². The van der Waals surface area contributed by atoms with Crippen molar-refractivity contribution in [2.75, 3.05) is 5.32 Å². The fourth-order valence-corrected chi connectivity index (χ4v) is 4.70. The third kappa shape index (κ3) is 4.14. The van der Waals surface area contributed by atoms with Crippen LogP contribution in [-0.2, 0) is 16.8 Å². The highest BCUT2D eigenvalue weighted by Crippen LogP contribution is 2.48. The molecule has 5 rings (SSSR count). The third-order valence-electron chi connectivity index (χ3n) is 6.49. The topological polar surface area (TPSA) is 97.8 Å². The van der Waals surface area contributed by atoms with Gasteiger partial charge in [0.05, 0.1) is 11.0 Å². The number of ether oxygens (including phenoxy) is 2. The van der Waals surface area contributed by atoms with Crippen molar-refractivity contribution in [3.63, 3.8) is 0 Å². The molecule has 2 aromatic carbocycles. The van der Waals surface area contributed by atoms with E-state index in [-0.39, 0.29) is 17.6 Å². The van der Waals surface area contributed by atoms with Crippen molar-refractivity contribution in [3.8, 4) is 11.6 Å². The SMILES string of the molecule is O=C(O)c1ccc2c(c1)[C@]1(CC[C@@H](Oc3cc(OCc4ccccc4)ccn3)CC1)C(=O)N2. The van der Waals surface area contributed by atoms with Crippen molar-refractivity contribution in [1.29, 1.82) is 0 Å². The van der Waals surface area contributed by atoms with E-state index < -0.39 is 11.4 Å². The molecule has 1 saturated carbocycles. The van der Waals surface area contributed by atoms with Gasteiger partial charge in [0.1, 0.15) is 18.5 Å². The molecule has 33 heavy (non-hydrogen) atoms. The minimum atomic E-state index is -0.996. The first-order valence-corrected chi connectivity index (χ1v) is 11.0. The highest BCUT2D eigenvalue weighted by molar-refractivity contribution is 6.07. The number of carbonyl (C=O) groups excluding carboxylic acids is 1. The molecule has 0 bridgehead atoms. The molecule has 7 heteroatoms. The standard InChI is InChI=1S/C26H24N2O5/c29-24(30)18-6-7-22-21(14-18)26(25(31)28-22)11-8-19(9-12-26)33-23-15-20(10-13-27-23)32-16-17-4-2-1-3-5-17/h1-7,10,13-15,19H,8-9,11-12,16H2,(H,28,31)(H,29,30)/t19-,26-. The van der Waals surface area contributed by atoms with E-state index in [0.717, 1.165) is 11.1 Å². The van der Waals surface area contributed by atoms with Crippen LogP contribution in [0, 0.1) is 0 Å². The average Bonchev–Trinajstić information content (AvgIpc) is 3.10. The molecule has 1 aliphatic heterocycles. The number of amides is 1. The fourth-order valence-electron chi connectivity index (χ4n) is 4.70. The first-order chi connectivity index (χ1) is 16.0. The van der Waals surface area contributed by atoms with E-state index in [1.807, 2.05) is 30.3 Å². The van der Waals surface area contributed by atoms with Crippen molar-refractivity contribution < 1.29 is 24.2 Å². The lowest BCUT2D eigenvalue weighted by atomic mass is 9.69. The summed E-state index contributed by atoms with van der Waals surface area (Å²) >= 11 is 0. The maximum atomic E-state index is 12.9. The molecule has 0 atom stereocenters. The lowest BCUT2D eigenvalue weighted by molar-refractivity contribution is -0.122. The molecule has 7 nitrogen and oxygen atoms in total. The van der Waals surface area contributed by atoms with Crippen molar-refractivity contribution >= 4 is 17.6 Å². The molecular weight excluding hydrogens is 420 g/mol. The number of carbonyl (C=O) groups is 2. The van der Waals surface area contributed by atoms with Crippen LogP contribution in [0.25, 0.3) is 0 Å². The number of nitrogens with one attached hydrogen (secondary N) is 1. The fraction of sp³-hybridized carbons (Fsp3) is 0.269. The molecule has 168 valence electrons. The quantitative estimate of drug-likeness (QED) is 0.578. The number of aromatic nitrogens is 1. The van der Waals surface area contributed by atoms with E-state index in [2.05, 4.69) is 10.3 Å². The van der Waals surface area contributed by atoms with Crippen LogP contribution >= 0.6 is 0 Å². The van der Waals surface area contributed by atoms with Crippen molar-refractivity contribution in [1.82, 2.24) is 4.98 Å². The third-order valence-corrected chi connectivity index (χ3v) is 6.49. The molecule has 2 heterocycles. The largest absolute Gasteiger partial charge is 0.489 e. The van der Waals surface area contributed by atoms with E-state index in [1.165, 1.54) is 6.07 Å². The number of fused-ring (bicyclic) bond motifs is 2. The predicted octanol–water partition coefficient (Wildman–Crippen LogP) is 4.57. The van der Waals surface area contributed by atoms with Gasteiger partial charge in [-0.05, 0) is 61.1 Å².